The van der Waals surface area contributed by atoms with Crippen molar-refractivity contribution in [3.05, 3.63) is 97.4 Å². The van der Waals surface area contributed by atoms with Gasteiger partial charge in [0.05, 0.1) is 26.2 Å². The first-order chi connectivity index (χ1) is 16.0. The molecule has 0 aromatic heterocycles. The summed E-state index contributed by atoms with van der Waals surface area (Å²) in [4.78, 5) is 23.6. The first-order valence-corrected chi connectivity index (χ1v) is 12.3. The lowest BCUT2D eigenvalue weighted by atomic mass is 10.2. The quantitative estimate of drug-likeness (QED) is 0.266. The van der Waals surface area contributed by atoms with E-state index in [9.17, 15) is 32.1 Å². The Balaban J connectivity index is 1.62. The molecule has 34 heavy (non-hydrogen) atoms. The standard InChI is InChI=1S/C22H13ClF2N2O5S2/c23-15-6-4-12(8-19(15)27(29)30)9-21-22(28)26-18-10-13(5-7-20(18)33-21)34(31,32)11-14-16(24)2-1-3-17(14)25/h1-10H,11H2,(H,26,28)/b21-9-. The average molecular weight is 523 g/mol. The molecule has 1 N–H and O–H groups in total. The molecule has 0 radical (unpaired) electrons. The highest BCUT2D eigenvalue weighted by atomic mass is 35.5. The topological polar surface area (TPSA) is 106 Å². The molecule has 1 heterocycles. The van der Waals surface area contributed by atoms with E-state index in [4.69, 9.17) is 11.6 Å². The monoisotopic (exact) mass is 522 g/mol. The number of nitro benzene ring substituents is 1. The Morgan fingerprint density at radius 1 is 1.09 bits per heavy atom. The van der Waals surface area contributed by atoms with Gasteiger partial charge in [-0.05, 0) is 48.0 Å². The van der Waals surface area contributed by atoms with E-state index in [0.717, 1.165) is 30.0 Å². The van der Waals surface area contributed by atoms with Crippen LogP contribution in [0, 0.1) is 21.7 Å². The molecule has 12 heteroatoms. The maximum absolute atomic E-state index is 13.9. The fourth-order valence-corrected chi connectivity index (χ4v) is 5.70. The molecule has 0 bridgehead atoms. The highest BCUT2D eigenvalue weighted by Gasteiger charge is 2.26. The lowest BCUT2D eigenvalue weighted by Crippen LogP contribution is -2.18. The second kappa shape index (κ2) is 9.16. The number of benzene rings is 3. The Bertz CT molecular complexity index is 1470. The molecular formula is C22H13ClF2N2O5S2. The van der Waals surface area contributed by atoms with E-state index in [2.05, 4.69) is 5.32 Å². The number of anilines is 1. The molecule has 1 aliphatic rings. The molecule has 0 saturated heterocycles. The van der Waals surface area contributed by atoms with E-state index >= 15 is 0 Å². The van der Waals surface area contributed by atoms with Gasteiger partial charge in [0.1, 0.15) is 16.7 Å². The van der Waals surface area contributed by atoms with Crippen molar-refractivity contribution in [3.63, 3.8) is 0 Å². The van der Waals surface area contributed by atoms with Gasteiger partial charge in [-0.2, -0.15) is 0 Å². The lowest BCUT2D eigenvalue weighted by Gasteiger charge is -2.19. The van der Waals surface area contributed by atoms with Gasteiger partial charge >= 0.3 is 0 Å². The van der Waals surface area contributed by atoms with Crippen LogP contribution in [0.3, 0.4) is 0 Å². The Hall–Kier alpha value is -3.28. The maximum Gasteiger partial charge on any atom is 0.288 e. The summed E-state index contributed by atoms with van der Waals surface area (Å²) in [5, 5.41) is 13.6. The summed E-state index contributed by atoms with van der Waals surface area (Å²) in [6.07, 6.45) is 1.44. The summed E-state index contributed by atoms with van der Waals surface area (Å²) in [5.41, 5.74) is -0.285. The summed E-state index contributed by atoms with van der Waals surface area (Å²) < 4.78 is 53.4. The Morgan fingerprint density at radius 2 is 1.79 bits per heavy atom. The minimum absolute atomic E-state index is 0.0396. The van der Waals surface area contributed by atoms with Crippen LogP contribution < -0.4 is 5.32 Å². The summed E-state index contributed by atoms with van der Waals surface area (Å²) >= 11 is 6.85. The van der Waals surface area contributed by atoms with Crippen LogP contribution in [-0.4, -0.2) is 19.2 Å². The lowest BCUT2D eigenvalue weighted by molar-refractivity contribution is -0.384. The van der Waals surface area contributed by atoms with Crippen molar-refractivity contribution in [2.45, 2.75) is 15.5 Å². The van der Waals surface area contributed by atoms with Gasteiger partial charge in [-0.3, -0.25) is 14.9 Å². The molecule has 3 aromatic carbocycles. The van der Waals surface area contributed by atoms with Crippen LogP contribution in [0.2, 0.25) is 5.02 Å². The summed E-state index contributed by atoms with van der Waals surface area (Å²) in [5.74, 6) is -3.37. The Kier molecular flexibility index (Phi) is 6.43. The van der Waals surface area contributed by atoms with E-state index in [1.165, 1.54) is 42.5 Å². The van der Waals surface area contributed by atoms with E-state index in [1.807, 2.05) is 0 Å². The van der Waals surface area contributed by atoms with Crippen molar-refractivity contribution in [2.75, 3.05) is 5.32 Å². The van der Waals surface area contributed by atoms with Gasteiger partial charge in [-0.1, -0.05) is 35.5 Å². The van der Waals surface area contributed by atoms with E-state index < -0.39 is 43.6 Å². The van der Waals surface area contributed by atoms with Gasteiger partial charge in [-0.25, -0.2) is 17.2 Å². The molecule has 0 atom stereocenters. The van der Waals surface area contributed by atoms with Crippen molar-refractivity contribution in [3.8, 4) is 0 Å². The number of carbonyl (C=O) groups excluding carboxylic acids is 1. The molecule has 174 valence electrons. The largest absolute Gasteiger partial charge is 0.320 e. The highest BCUT2D eigenvalue weighted by molar-refractivity contribution is 8.04. The van der Waals surface area contributed by atoms with Gasteiger partial charge in [0.15, 0.2) is 9.84 Å². The SMILES string of the molecule is O=C1Nc2cc(S(=O)(=O)Cc3c(F)cccc3F)ccc2S/C1=C\c1ccc(Cl)c([N+](=O)[O-])c1. The molecule has 0 unspecified atom stereocenters. The smallest absolute Gasteiger partial charge is 0.288 e. The molecule has 1 aliphatic heterocycles. The summed E-state index contributed by atoms with van der Waals surface area (Å²) in [6.45, 7) is 0. The number of nitrogens with one attached hydrogen (secondary N) is 1. The third-order valence-corrected chi connectivity index (χ3v) is 7.92. The third kappa shape index (κ3) is 4.81. The predicted molar refractivity (Wildman–Crippen MR) is 124 cm³/mol. The number of rotatable bonds is 5. The Morgan fingerprint density at radius 3 is 2.47 bits per heavy atom. The van der Waals surface area contributed by atoms with E-state index in [-0.39, 0.29) is 26.2 Å². The van der Waals surface area contributed by atoms with Crippen LogP contribution in [0.1, 0.15) is 11.1 Å². The Labute approximate surface area is 201 Å². The highest BCUT2D eigenvalue weighted by Crippen LogP contribution is 2.40. The predicted octanol–water partition coefficient (Wildman–Crippen LogP) is 5.59. The number of hydrogen-bond acceptors (Lipinski definition) is 6. The average Bonchev–Trinajstić information content (AvgIpc) is 2.77. The van der Waals surface area contributed by atoms with E-state index in [0.29, 0.717) is 10.5 Å². The van der Waals surface area contributed by atoms with Crippen LogP contribution >= 0.6 is 23.4 Å². The fourth-order valence-electron chi connectivity index (χ4n) is 3.19. The number of hydrogen-bond donors (Lipinski definition) is 1. The van der Waals surface area contributed by atoms with Gasteiger partial charge in [0.25, 0.3) is 11.6 Å². The van der Waals surface area contributed by atoms with Gasteiger partial charge in [0.2, 0.25) is 0 Å². The number of halogens is 3. The second-order valence-electron chi connectivity index (χ2n) is 7.15. The number of fused-ring (bicyclic) bond motifs is 1. The van der Waals surface area contributed by atoms with E-state index in [1.54, 1.807) is 0 Å². The number of carbonyl (C=O) groups is 1. The maximum atomic E-state index is 13.9. The molecule has 0 saturated carbocycles. The number of nitro groups is 1. The first kappa shape index (κ1) is 23.9. The summed E-state index contributed by atoms with van der Waals surface area (Å²) in [7, 11) is -4.12. The number of thioether (sulfide) groups is 1. The van der Waals surface area contributed by atoms with Gasteiger partial charge in [-0.15, -0.1) is 0 Å². The van der Waals surface area contributed by atoms with Crippen molar-refractivity contribution >= 4 is 56.6 Å². The molecule has 1 amide bonds. The molecule has 4 rings (SSSR count). The molecule has 0 fully saturated rings. The third-order valence-electron chi connectivity index (χ3n) is 4.86. The minimum Gasteiger partial charge on any atom is -0.320 e. The minimum atomic E-state index is -4.12. The van der Waals surface area contributed by atoms with Crippen LogP contribution in [0.25, 0.3) is 6.08 Å². The van der Waals surface area contributed by atoms with Crippen LogP contribution in [0.5, 0.6) is 0 Å². The van der Waals surface area contributed by atoms with Crippen molar-refractivity contribution in [1.29, 1.82) is 0 Å². The molecule has 0 spiro atoms. The van der Waals surface area contributed by atoms with Crippen LogP contribution in [0.15, 0.2) is 69.3 Å². The van der Waals surface area contributed by atoms with Crippen molar-refractivity contribution in [1.82, 2.24) is 0 Å². The molecule has 3 aromatic rings. The number of nitrogens with zero attached hydrogens (tertiary/aromatic N) is 1. The molecule has 0 aliphatic carbocycles. The number of sulfone groups is 1. The summed E-state index contributed by atoms with van der Waals surface area (Å²) in [6, 6.07) is 11.1. The van der Waals surface area contributed by atoms with Gasteiger partial charge in [0, 0.05) is 16.5 Å². The first-order valence-electron chi connectivity index (χ1n) is 9.50. The zero-order valence-corrected chi connectivity index (χ0v) is 19.3. The zero-order valence-electron chi connectivity index (χ0n) is 16.9. The number of amides is 1. The van der Waals surface area contributed by atoms with Crippen molar-refractivity contribution in [2.24, 2.45) is 0 Å². The van der Waals surface area contributed by atoms with Gasteiger partial charge < -0.3 is 5.32 Å². The molecule has 7 nitrogen and oxygen atoms in total. The molecular weight excluding hydrogens is 510 g/mol. The van der Waals surface area contributed by atoms with Crippen molar-refractivity contribution < 1.29 is 26.9 Å². The normalized spacial score (nSPS) is 14.6. The van der Waals surface area contributed by atoms with Crippen LogP contribution in [-0.2, 0) is 20.4 Å². The van der Waals surface area contributed by atoms with Crippen LogP contribution in [0.4, 0.5) is 20.2 Å². The second-order valence-corrected chi connectivity index (χ2v) is 10.6. The zero-order chi connectivity index (χ0) is 24.6. The fraction of sp³-hybridized carbons (Fsp3) is 0.0455.